The molecule has 160 valence electrons. The molecule has 0 amide bonds. The summed E-state index contributed by atoms with van der Waals surface area (Å²) >= 11 is 1.53. The molecular formula is C23H24N3O3S2+. The van der Waals surface area contributed by atoms with Gasteiger partial charge in [-0.1, -0.05) is 17.7 Å². The maximum Gasteiger partial charge on any atom is 0.268 e. The van der Waals surface area contributed by atoms with E-state index in [2.05, 4.69) is 16.8 Å². The fourth-order valence-corrected chi connectivity index (χ4v) is 5.96. The van der Waals surface area contributed by atoms with E-state index in [4.69, 9.17) is 4.74 Å². The van der Waals surface area contributed by atoms with Gasteiger partial charge in [0.05, 0.1) is 27.3 Å². The summed E-state index contributed by atoms with van der Waals surface area (Å²) in [4.78, 5) is 4.55. The van der Waals surface area contributed by atoms with Gasteiger partial charge in [0.25, 0.3) is 10.0 Å². The van der Waals surface area contributed by atoms with Crippen molar-refractivity contribution in [3.8, 4) is 5.75 Å². The van der Waals surface area contributed by atoms with E-state index >= 15 is 0 Å². The number of fused-ring (bicyclic) bond motifs is 1. The maximum absolute atomic E-state index is 13.6. The van der Waals surface area contributed by atoms with Crippen LogP contribution in [0.2, 0.25) is 0 Å². The lowest BCUT2D eigenvalue weighted by atomic mass is 10.1. The lowest BCUT2D eigenvalue weighted by Gasteiger charge is -2.14. The van der Waals surface area contributed by atoms with Crippen LogP contribution >= 0.6 is 11.3 Å². The minimum absolute atomic E-state index is 0.265. The Balaban J connectivity index is 1.65. The van der Waals surface area contributed by atoms with Crippen molar-refractivity contribution in [2.24, 2.45) is 0 Å². The van der Waals surface area contributed by atoms with Crippen LogP contribution in [0.25, 0.3) is 10.9 Å². The van der Waals surface area contributed by atoms with Gasteiger partial charge in [0, 0.05) is 16.8 Å². The summed E-state index contributed by atoms with van der Waals surface area (Å²) in [6, 6.07) is 12.8. The van der Waals surface area contributed by atoms with Gasteiger partial charge in [-0.05, 0) is 55.5 Å². The number of quaternary nitrogens is 1. The molecule has 0 aliphatic heterocycles. The largest absolute Gasteiger partial charge is 0.487 e. The van der Waals surface area contributed by atoms with Gasteiger partial charge >= 0.3 is 0 Å². The highest BCUT2D eigenvalue weighted by molar-refractivity contribution is 7.90. The van der Waals surface area contributed by atoms with Crippen LogP contribution in [-0.2, 0) is 23.2 Å². The molecule has 0 unspecified atom stereocenters. The Labute approximate surface area is 185 Å². The highest BCUT2D eigenvalue weighted by atomic mass is 32.2. The molecule has 0 radical (unpaired) electrons. The second kappa shape index (κ2) is 7.78. The highest BCUT2D eigenvalue weighted by Crippen LogP contribution is 2.46. The summed E-state index contributed by atoms with van der Waals surface area (Å²) in [7, 11) is -3.76. The average molecular weight is 455 g/mol. The molecule has 5 rings (SSSR count). The Morgan fingerprint density at radius 2 is 1.97 bits per heavy atom. The zero-order valence-corrected chi connectivity index (χ0v) is 18.9. The van der Waals surface area contributed by atoms with Crippen molar-refractivity contribution in [3.63, 3.8) is 0 Å². The van der Waals surface area contributed by atoms with Crippen molar-refractivity contribution in [3.05, 3.63) is 75.9 Å². The predicted octanol–water partition coefficient (Wildman–Crippen LogP) is 3.84. The number of aromatic nitrogens is 2. The van der Waals surface area contributed by atoms with Crippen molar-refractivity contribution in [2.45, 2.75) is 43.7 Å². The molecule has 3 N–H and O–H groups in total. The Morgan fingerprint density at radius 3 is 2.61 bits per heavy atom. The van der Waals surface area contributed by atoms with Gasteiger partial charge < -0.3 is 10.5 Å². The molecule has 1 aliphatic carbocycles. The van der Waals surface area contributed by atoms with Gasteiger partial charge in [0.2, 0.25) is 0 Å². The zero-order valence-electron chi connectivity index (χ0n) is 17.2. The summed E-state index contributed by atoms with van der Waals surface area (Å²) in [5.41, 5.74) is 10.1. The summed E-state index contributed by atoms with van der Waals surface area (Å²) in [5.74, 6) is 1.20. The zero-order chi connectivity index (χ0) is 21.6. The van der Waals surface area contributed by atoms with Crippen molar-refractivity contribution in [1.82, 2.24) is 8.96 Å². The second-order valence-corrected chi connectivity index (χ2v) is 10.5. The van der Waals surface area contributed by atoms with Crippen molar-refractivity contribution in [2.75, 3.05) is 0 Å². The molecule has 1 aliphatic rings. The monoisotopic (exact) mass is 454 g/mol. The van der Waals surface area contributed by atoms with E-state index in [0.29, 0.717) is 30.3 Å². The topological polar surface area (TPSA) is 88.8 Å². The molecule has 4 aromatic rings. The third kappa shape index (κ3) is 3.75. The number of hydrogen-bond acceptors (Lipinski definition) is 5. The molecule has 0 bridgehead atoms. The highest BCUT2D eigenvalue weighted by Gasteiger charge is 2.30. The van der Waals surface area contributed by atoms with E-state index in [1.54, 1.807) is 17.6 Å². The third-order valence-corrected chi connectivity index (χ3v) is 8.07. The van der Waals surface area contributed by atoms with Crippen LogP contribution < -0.4 is 10.5 Å². The van der Waals surface area contributed by atoms with Gasteiger partial charge in [-0.15, -0.1) is 11.3 Å². The number of thiazole rings is 1. The van der Waals surface area contributed by atoms with Crippen LogP contribution in [0.15, 0.2) is 58.3 Å². The standard InChI is InChI=1S/C23H23N3O3S2/c1-15-2-6-20(7-3-15)31(27,28)26-19(11-24)8-17-9-21(16-4-5-16)23(10-22(17)26)29-12-18-13-30-14-25-18/h2-3,6-10,13-14,16H,4-5,11-12,24H2,1H3/p+1. The average Bonchev–Trinajstić information content (AvgIpc) is 3.33. The van der Waals surface area contributed by atoms with Crippen molar-refractivity contribution < 1.29 is 18.9 Å². The minimum Gasteiger partial charge on any atom is -0.487 e. The first-order valence-electron chi connectivity index (χ1n) is 10.3. The first-order valence-corrected chi connectivity index (χ1v) is 12.7. The van der Waals surface area contributed by atoms with Crippen LogP contribution in [0, 0.1) is 6.92 Å². The summed E-state index contributed by atoms with van der Waals surface area (Å²) in [5, 5.41) is 2.86. The van der Waals surface area contributed by atoms with Gasteiger partial charge in [0.1, 0.15) is 18.9 Å². The van der Waals surface area contributed by atoms with Crippen LogP contribution in [0.5, 0.6) is 5.75 Å². The molecule has 2 aromatic heterocycles. The van der Waals surface area contributed by atoms with E-state index < -0.39 is 10.0 Å². The first kappa shape index (κ1) is 20.2. The second-order valence-electron chi connectivity index (χ2n) is 7.96. The number of hydrogen-bond donors (Lipinski definition) is 1. The smallest absolute Gasteiger partial charge is 0.268 e. The number of aryl methyl sites for hydroxylation is 1. The first-order chi connectivity index (χ1) is 15.0. The van der Waals surface area contributed by atoms with E-state index in [1.807, 2.05) is 36.6 Å². The van der Waals surface area contributed by atoms with E-state index in [0.717, 1.165) is 40.8 Å². The fourth-order valence-electron chi connectivity index (χ4n) is 3.86. The van der Waals surface area contributed by atoms with Gasteiger partial charge in [0.15, 0.2) is 0 Å². The molecular weight excluding hydrogens is 430 g/mol. The molecule has 0 saturated heterocycles. The SMILES string of the molecule is Cc1ccc(S(=O)(=O)n2c(C[NH3+])cc3cc(C4CC4)c(OCc4cscn4)cc32)cc1. The normalized spacial score (nSPS) is 14.3. The Kier molecular flexibility index (Phi) is 5.08. The lowest BCUT2D eigenvalue weighted by Crippen LogP contribution is -2.48. The fraction of sp³-hybridized carbons (Fsp3) is 0.261. The summed E-state index contributed by atoms with van der Waals surface area (Å²) < 4.78 is 34.7. The Hall–Kier alpha value is -2.68. The van der Waals surface area contributed by atoms with Crippen LogP contribution in [-0.4, -0.2) is 17.4 Å². The van der Waals surface area contributed by atoms with Gasteiger partial charge in [-0.25, -0.2) is 17.4 Å². The van der Waals surface area contributed by atoms with Gasteiger partial charge in [-0.3, -0.25) is 0 Å². The van der Waals surface area contributed by atoms with Crippen LogP contribution in [0.3, 0.4) is 0 Å². The molecule has 1 saturated carbocycles. The summed E-state index contributed by atoms with van der Waals surface area (Å²) in [6.45, 7) is 2.67. The number of benzene rings is 2. The molecule has 0 atom stereocenters. The summed E-state index contributed by atoms with van der Waals surface area (Å²) in [6.07, 6.45) is 2.26. The molecule has 0 spiro atoms. The van der Waals surface area contributed by atoms with Crippen LogP contribution in [0.1, 0.15) is 41.3 Å². The number of ether oxygens (including phenoxy) is 1. The maximum atomic E-state index is 13.6. The van der Waals surface area contributed by atoms with E-state index in [9.17, 15) is 8.42 Å². The lowest BCUT2D eigenvalue weighted by molar-refractivity contribution is -0.387. The van der Waals surface area contributed by atoms with E-state index in [1.165, 1.54) is 15.3 Å². The van der Waals surface area contributed by atoms with Crippen molar-refractivity contribution >= 4 is 32.3 Å². The Bertz CT molecular complexity index is 1340. The molecule has 2 aromatic carbocycles. The number of nitrogens with zero attached hydrogens (tertiary/aromatic N) is 2. The third-order valence-electron chi connectivity index (χ3n) is 5.65. The van der Waals surface area contributed by atoms with Crippen molar-refractivity contribution in [1.29, 1.82) is 0 Å². The van der Waals surface area contributed by atoms with Crippen LogP contribution in [0.4, 0.5) is 0 Å². The molecule has 6 nitrogen and oxygen atoms in total. The molecule has 31 heavy (non-hydrogen) atoms. The predicted molar refractivity (Wildman–Crippen MR) is 121 cm³/mol. The van der Waals surface area contributed by atoms with Gasteiger partial charge in [-0.2, -0.15) is 0 Å². The molecule has 8 heteroatoms. The minimum atomic E-state index is -3.76. The Morgan fingerprint density at radius 1 is 1.19 bits per heavy atom. The quantitative estimate of drug-likeness (QED) is 0.459. The number of rotatable bonds is 7. The molecule has 2 heterocycles. The molecule has 1 fully saturated rings. The van der Waals surface area contributed by atoms with E-state index in [-0.39, 0.29) is 4.90 Å².